The normalized spacial score (nSPS) is 8.77. The van der Waals surface area contributed by atoms with E-state index < -0.39 is 5.91 Å². The quantitative estimate of drug-likeness (QED) is 0.685. The summed E-state index contributed by atoms with van der Waals surface area (Å²) in [6.07, 6.45) is 0. The predicted molar refractivity (Wildman–Crippen MR) is 55.0 cm³/mol. The Morgan fingerprint density at radius 3 is 2.77 bits per heavy atom. The lowest BCUT2D eigenvalue weighted by Crippen LogP contribution is -2.06. The van der Waals surface area contributed by atoms with E-state index in [1.807, 2.05) is 25.1 Å². The average molecular weight is 238 g/mol. The van der Waals surface area contributed by atoms with E-state index in [4.69, 9.17) is 5.73 Å². The Morgan fingerprint density at radius 1 is 1.54 bits per heavy atom. The van der Waals surface area contributed by atoms with Gasteiger partial charge in [0.25, 0.3) is 5.91 Å². The molecule has 0 fully saturated rings. The number of primary amides is 1. The molecule has 0 bridgehead atoms. The summed E-state index contributed by atoms with van der Waals surface area (Å²) in [4.78, 5) is 10.4. The van der Waals surface area contributed by atoms with Crippen molar-refractivity contribution in [2.24, 2.45) is 5.73 Å². The van der Waals surface area contributed by atoms with Gasteiger partial charge in [-0.1, -0.05) is 12.0 Å². The molecule has 1 amide bonds. The Kier molecular flexibility index (Phi) is 3.10. The summed E-state index contributed by atoms with van der Waals surface area (Å²) in [7, 11) is 0. The van der Waals surface area contributed by atoms with Crippen molar-refractivity contribution >= 4 is 21.8 Å². The smallest absolute Gasteiger partial charge is 0.293 e. The summed E-state index contributed by atoms with van der Waals surface area (Å²) in [6, 6.07) is 5.70. The van der Waals surface area contributed by atoms with Crippen molar-refractivity contribution in [2.75, 3.05) is 0 Å². The van der Waals surface area contributed by atoms with Crippen LogP contribution in [0.3, 0.4) is 0 Å². The molecular weight excluding hydrogens is 230 g/mol. The first kappa shape index (κ1) is 9.82. The molecule has 2 N–H and O–H groups in total. The summed E-state index contributed by atoms with van der Waals surface area (Å²) < 4.78 is 0.876. The van der Waals surface area contributed by atoms with Gasteiger partial charge in [0.05, 0.1) is 0 Å². The minimum atomic E-state index is -0.618. The van der Waals surface area contributed by atoms with Crippen molar-refractivity contribution in [3.63, 3.8) is 0 Å². The molecule has 0 aliphatic carbocycles. The van der Waals surface area contributed by atoms with E-state index in [-0.39, 0.29) is 0 Å². The average Bonchev–Trinajstić information content (AvgIpc) is 2.02. The SMILES string of the molecule is Cc1ccc(C#CC(N)=O)c(Br)c1. The molecule has 0 saturated carbocycles. The van der Waals surface area contributed by atoms with E-state index in [1.54, 1.807) is 0 Å². The van der Waals surface area contributed by atoms with Gasteiger partial charge in [-0.2, -0.15) is 0 Å². The second kappa shape index (κ2) is 4.11. The van der Waals surface area contributed by atoms with Crippen molar-refractivity contribution in [1.82, 2.24) is 0 Å². The third-order valence-electron chi connectivity index (χ3n) is 1.44. The van der Waals surface area contributed by atoms with Crippen LogP contribution >= 0.6 is 15.9 Å². The topological polar surface area (TPSA) is 43.1 Å². The van der Waals surface area contributed by atoms with Gasteiger partial charge < -0.3 is 5.73 Å². The number of aryl methyl sites for hydroxylation is 1. The first-order valence-corrected chi connectivity index (χ1v) is 4.46. The lowest BCUT2D eigenvalue weighted by atomic mass is 10.1. The highest BCUT2D eigenvalue weighted by Crippen LogP contribution is 2.16. The summed E-state index contributed by atoms with van der Waals surface area (Å²) in [6.45, 7) is 1.98. The van der Waals surface area contributed by atoms with Crippen molar-refractivity contribution < 1.29 is 4.79 Å². The Morgan fingerprint density at radius 2 is 2.23 bits per heavy atom. The molecule has 0 heterocycles. The summed E-state index contributed by atoms with van der Waals surface area (Å²) in [5.41, 5.74) is 6.80. The second-order valence-electron chi connectivity index (χ2n) is 2.60. The van der Waals surface area contributed by atoms with E-state index >= 15 is 0 Å². The van der Waals surface area contributed by atoms with Gasteiger partial charge in [-0.05, 0) is 40.5 Å². The third kappa shape index (κ3) is 2.92. The number of rotatable bonds is 0. The number of carbonyl (C=O) groups is 1. The van der Waals surface area contributed by atoms with Gasteiger partial charge in [0.15, 0.2) is 0 Å². The molecular formula is C10H8BrNO. The number of halogens is 1. The Labute approximate surface area is 85.3 Å². The molecule has 0 aliphatic heterocycles. The molecule has 0 aliphatic rings. The summed E-state index contributed by atoms with van der Waals surface area (Å²) in [5.74, 6) is 4.33. The first-order valence-electron chi connectivity index (χ1n) is 3.67. The fraction of sp³-hybridized carbons (Fsp3) is 0.100. The Bertz CT molecular complexity index is 401. The first-order chi connectivity index (χ1) is 6.09. The lowest BCUT2D eigenvalue weighted by molar-refractivity contribution is -0.112. The van der Waals surface area contributed by atoms with Gasteiger partial charge in [0, 0.05) is 16.0 Å². The van der Waals surface area contributed by atoms with Gasteiger partial charge in [0.2, 0.25) is 0 Å². The maximum Gasteiger partial charge on any atom is 0.293 e. The molecule has 0 aromatic heterocycles. The maximum absolute atomic E-state index is 10.4. The highest BCUT2D eigenvalue weighted by molar-refractivity contribution is 9.10. The summed E-state index contributed by atoms with van der Waals surface area (Å²) >= 11 is 3.34. The predicted octanol–water partition coefficient (Wildman–Crippen LogP) is 1.59. The Balaban J connectivity index is 3.05. The zero-order valence-corrected chi connectivity index (χ0v) is 8.68. The number of hydrogen-bond donors (Lipinski definition) is 1. The van der Waals surface area contributed by atoms with Crippen LogP contribution in [-0.2, 0) is 4.79 Å². The van der Waals surface area contributed by atoms with Gasteiger partial charge in [-0.25, -0.2) is 0 Å². The summed E-state index contributed by atoms with van der Waals surface area (Å²) in [5, 5.41) is 0. The van der Waals surface area contributed by atoms with Crippen molar-refractivity contribution in [3.8, 4) is 11.8 Å². The molecule has 0 spiro atoms. The second-order valence-corrected chi connectivity index (χ2v) is 3.45. The maximum atomic E-state index is 10.4. The van der Waals surface area contributed by atoms with Crippen LogP contribution in [-0.4, -0.2) is 5.91 Å². The zero-order valence-electron chi connectivity index (χ0n) is 7.10. The fourth-order valence-electron chi connectivity index (χ4n) is 0.850. The molecule has 1 aromatic rings. The van der Waals surface area contributed by atoms with E-state index in [2.05, 4.69) is 27.8 Å². The van der Waals surface area contributed by atoms with E-state index in [0.29, 0.717) is 0 Å². The number of carbonyl (C=O) groups excluding carboxylic acids is 1. The van der Waals surface area contributed by atoms with Crippen molar-refractivity contribution in [1.29, 1.82) is 0 Å². The highest BCUT2D eigenvalue weighted by atomic mass is 79.9. The highest BCUT2D eigenvalue weighted by Gasteiger charge is 1.95. The van der Waals surface area contributed by atoms with Gasteiger partial charge in [0.1, 0.15) is 0 Å². The lowest BCUT2D eigenvalue weighted by Gasteiger charge is -1.96. The molecule has 1 aromatic carbocycles. The molecule has 0 unspecified atom stereocenters. The molecule has 2 nitrogen and oxygen atoms in total. The van der Waals surface area contributed by atoms with Crippen LogP contribution in [0.5, 0.6) is 0 Å². The number of benzene rings is 1. The molecule has 13 heavy (non-hydrogen) atoms. The van der Waals surface area contributed by atoms with Crippen LogP contribution in [0.4, 0.5) is 0 Å². The van der Waals surface area contributed by atoms with Gasteiger partial charge in [-0.15, -0.1) is 0 Å². The van der Waals surface area contributed by atoms with Crippen molar-refractivity contribution in [2.45, 2.75) is 6.92 Å². The molecule has 0 saturated heterocycles. The van der Waals surface area contributed by atoms with Crippen molar-refractivity contribution in [3.05, 3.63) is 33.8 Å². The van der Waals surface area contributed by atoms with Crippen LogP contribution in [0, 0.1) is 18.8 Å². The molecule has 0 radical (unpaired) electrons. The molecule has 66 valence electrons. The minimum Gasteiger partial charge on any atom is -0.359 e. The van der Waals surface area contributed by atoms with E-state index in [1.165, 1.54) is 0 Å². The van der Waals surface area contributed by atoms with Crippen LogP contribution in [0.25, 0.3) is 0 Å². The standard InChI is InChI=1S/C10H8BrNO/c1-7-2-3-8(9(11)6-7)4-5-10(12)13/h2-3,6H,1H3,(H2,12,13). The zero-order chi connectivity index (χ0) is 9.84. The van der Waals surface area contributed by atoms with Gasteiger partial charge >= 0.3 is 0 Å². The van der Waals surface area contributed by atoms with Gasteiger partial charge in [-0.3, -0.25) is 4.79 Å². The molecule has 0 atom stereocenters. The minimum absolute atomic E-state index is 0.618. The van der Waals surface area contributed by atoms with Crippen LogP contribution in [0.1, 0.15) is 11.1 Å². The fourth-order valence-corrected chi connectivity index (χ4v) is 1.44. The Hall–Kier alpha value is -1.27. The van der Waals surface area contributed by atoms with E-state index in [0.717, 1.165) is 15.6 Å². The van der Waals surface area contributed by atoms with Crippen LogP contribution in [0.2, 0.25) is 0 Å². The van der Waals surface area contributed by atoms with Crippen LogP contribution < -0.4 is 5.73 Å². The third-order valence-corrected chi connectivity index (χ3v) is 2.10. The number of hydrogen-bond acceptors (Lipinski definition) is 1. The molecule has 3 heteroatoms. The monoisotopic (exact) mass is 237 g/mol. The largest absolute Gasteiger partial charge is 0.359 e. The van der Waals surface area contributed by atoms with E-state index in [9.17, 15) is 4.79 Å². The number of nitrogens with two attached hydrogens (primary N) is 1. The number of amides is 1. The van der Waals surface area contributed by atoms with Crippen LogP contribution in [0.15, 0.2) is 22.7 Å². The molecule has 1 rings (SSSR count).